The molecule has 0 saturated heterocycles. The van der Waals surface area contributed by atoms with Crippen molar-refractivity contribution in [1.82, 2.24) is 9.55 Å². The van der Waals surface area contributed by atoms with Gasteiger partial charge in [-0.25, -0.2) is 4.98 Å². The van der Waals surface area contributed by atoms with Crippen molar-refractivity contribution in [3.8, 4) is 0 Å². The van der Waals surface area contributed by atoms with Crippen molar-refractivity contribution in [2.75, 3.05) is 0 Å². The molecule has 134 valence electrons. The van der Waals surface area contributed by atoms with Crippen LogP contribution < -0.4 is 0 Å². The summed E-state index contributed by atoms with van der Waals surface area (Å²) >= 11 is 6.12. The van der Waals surface area contributed by atoms with Crippen molar-refractivity contribution in [3.05, 3.63) is 125 Å². The van der Waals surface area contributed by atoms with Crippen LogP contribution in [0.25, 0.3) is 0 Å². The third kappa shape index (κ3) is 2.96. The van der Waals surface area contributed by atoms with Gasteiger partial charge in [-0.3, -0.25) is 0 Å². The molecule has 0 radical (unpaired) electrons. The third-order valence-corrected chi connectivity index (χ3v) is 5.28. The molecular formula is C24H21ClN2. The van der Waals surface area contributed by atoms with E-state index in [-0.39, 0.29) is 0 Å². The first-order chi connectivity index (χ1) is 13.3. The summed E-state index contributed by atoms with van der Waals surface area (Å²) < 4.78 is 2.25. The van der Waals surface area contributed by atoms with E-state index in [1.54, 1.807) is 0 Å². The molecule has 0 atom stereocenters. The summed E-state index contributed by atoms with van der Waals surface area (Å²) in [5.74, 6) is 1.32. The van der Waals surface area contributed by atoms with E-state index in [1.807, 2.05) is 6.92 Å². The summed E-state index contributed by atoms with van der Waals surface area (Å²) in [6.45, 7) is 2.04. The number of aromatic nitrogens is 2. The lowest BCUT2D eigenvalue weighted by atomic mass is 9.76. The van der Waals surface area contributed by atoms with Gasteiger partial charge in [-0.2, -0.15) is 0 Å². The van der Waals surface area contributed by atoms with E-state index >= 15 is 0 Å². The van der Waals surface area contributed by atoms with Gasteiger partial charge in [-0.1, -0.05) is 91.0 Å². The Morgan fingerprint density at radius 2 is 1.15 bits per heavy atom. The van der Waals surface area contributed by atoms with E-state index in [9.17, 15) is 0 Å². The van der Waals surface area contributed by atoms with Crippen LogP contribution in [0.4, 0.5) is 0 Å². The zero-order valence-corrected chi connectivity index (χ0v) is 16.0. The summed E-state index contributed by atoms with van der Waals surface area (Å²) in [6.07, 6.45) is 2.08. The molecule has 0 aliphatic carbocycles. The van der Waals surface area contributed by atoms with Crippen molar-refractivity contribution >= 4 is 11.6 Å². The maximum Gasteiger partial charge on any atom is 0.121 e. The molecule has 0 saturated carbocycles. The van der Waals surface area contributed by atoms with Crippen LogP contribution in [0.2, 0.25) is 0 Å². The van der Waals surface area contributed by atoms with Gasteiger partial charge in [0, 0.05) is 6.20 Å². The molecule has 0 unspecified atom stereocenters. The highest BCUT2D eigenvalue weighted by atomic mass is 35.5. The second-order valence-corrected chi connectivity index (χ2v) is 6.86. The summed E-state index contributed by atoms with van der Waals surface area (Å²) in [7, 11) is 0. The summed E-state index contributed by atoms with van der Waals surface area (Å²) in [6, 6.07) is 31.8. The minimum atomic E-state index is -0.523. The highest BCUT2D eigenvalue weighted by Crippen LogP contribution is 2.41. The molecule has 1 aromatic heterocycles. The maximum atomic E-state index is 6.12. The van der Waals surface area contributed by atoms with E-state index in [2.05, 4.69) is 102 Å². The number of rotatable bonds is 5. The molecule has 0 bridgehead atoms. The predicted molar refractivity (Wildman–Crippen MR) is 111 cm³/mol. The van der Waals surface area contributed by atoms with Crippen molar-refractivity contribution < 1.29 is 0 Å². The summed E-state index contributed by atoms with van der Waals surface area (Å²) in [4.78, 5) is 4.70. The molecule has 4 aromatic rings. The molecular weight excluding hydrogens is 352 g/mol. The first-order valence-corrected chi connectivity index (χ1v) is 9.58. The number of benzene rings is 3. The van der Waals surface area contributed by atoms with Crippen molar-refractivity contribution in [3.63, 3.8) is 0 Å². The maximum absolute atomic E-state index is 6.12. The molecule has 0 amide bonds. The van der Waals surface area contributed by atoms with Gasteiger partial charge in [0.1, 0.15) is 11.4 Å². The Hall–Kier alpha value is -2.84. The number of hydrogen-bond donors (Lipinski definition) is 0. The Morgan fingerprint density at radius 3 is 1.48 bits per heavy atom. The van der Waals surface area contributed by atoms with E-state index in [4.69, 9.17) is 16.6 Å². The minimum absolute atomic E-state index is 0.391. The Kier molecular flexibility index (Phi) is 4.83. The van der Waals surface area contributed by atoms with Crippen molar-refractivity contribution in [1.29, 1.82) is 0 Å². The van der Waals surface area contributed by atoms with Crippen molar-refractivity contribution in [2.45, 2.75) is 18.3 Å². The van der Waals surface area contributed by atoms with Gasteiger partial charge in [-0.15, -0.1) is 11.6 Å². The molecule has 0 aliphatic rings. The fourth-order valence-electron chi connectivity index (χ4n) is 3.89. The van der Waals surface area contributed by atoms with Gasteiger partial charge in [0.15, 0.2) is 0 Å². The number of halogens is 1. The van der Waals surface area contributed by atoms with Gasteiger partial charge in [0.2, 0.25) is 0 Å². The molecule has 4 rings (SSSR count). The standard InChI is InChI=1S/C24H21ClN2/c1-19-26-23(17-25)18-27(19)24(20-11-5-2-6-12-20,21-13-7-3-8-14-21)22-15-9-4-10-16-22/h2-16,18H,17H2,1H3. The van der Waals surface area contributed by atoms with E-state index in [1.165, 1.54) is 16.7 Å². The third-order valence-electron chi connectivity index (χ3n) is 5.01. The Labute approximate surface area is 165 Å². The predicted octanol–water partition coefficient (Wildman–Crippen LogP) is 5.77. The molecule has 3 heteroatoms. The van der Waals surface area contributed by atoms with Crippen LogP contribution in [-0.4, -0.2) is 9.55 Å². The van der Waals surface area contributed by atoms with Crippen molar-refractivity contribution in [2.24, 2.45) is 0 Å². The van der Waals surface area contributed by atoms with Gasteiger partial charge < -0.3 is 4.57 Å². The highest BCUT2D eigenvalue weighted by molar-refractivity contribution is 6.16. The lowest BCUT2D eigenvalue weighted by molar-refractivity contribution is 0.501. The van der Waals surface area contributed by atoms with Crippen LogP contribution in [0.5, 0.6) is 0 Å². The molecule has 0 N–H and O–H groups in total. The monoisotopic (exact) mass is 372 g/mol. The largest absolute Gasteiger partial charge is 0.316 e. The van der Waals surface area contributed by atoms with Crippen LogP contribution in [0.1, 0.15) is 28.2 Å². The summed E-state index contributed by atoms with van der Waals surface area (Å²) in [5, 5.41) is 0. The van der Waals surface area contributed by atoms with Crippen LogP contribution in [0.15, 0.2) is 97.2 Å². The number of nitrogens with zero attached hydrogens (tertiary/aromatic N) is 2. The Morgan fingerprint density at radius 1 is 0.741 bits per heavy atom. The molecule has 1 heterocycles. The van der Waals surface area contributed by atoms with Crippen LogP contribution >= 0.6 is 11.6 Å². The molecule has 3 aromatic carbocycles. The van der Waals surface area contributed by atoms with Crippen LogP contribution in [-0.2, 0) is 11.4 Å². The molecule has 0 fully saturated rings. The Balaban J connectivity index is 2.14. The molecule has 0 aliphatic heterocycles. The average Bonchev–Trinajstić information content (AvgIpc) is 3.12. The smallest absolute Gasteiger partial charge is 0.121 e. The molecule has 27 heavy (non-hydrogen) atoms. The number of alkyl halides is 1. The highest BCUT2D eigenvalue weighted by Gasteiger charge is 2.39. The van der Waals surface area contributed by atoms with Gasteiger partial charge in [-0.05, 0) is 23.6 Å². The van der Waals surface area contributed by atoms with Gasteiger partial charge >= 0.3 is 0 Å². The van der Waals surface area contributed by atoms with Crippen LogP contribution in [0, 0.1) is 6.92 Å². The lowest BCUT2D eigenvalue weighted by Gasteiger charge is -2.38. The first-order valence-electron chi connectivity index (χ1n) is 9.04. The lowest BCUT2D eigenvalue weighted by Crippen LogP contribution is -2.38. The minimum Gasteiger partial charge on any atom is -0.316 e. The normalized spacial score (nSPS) is 11.5. The number of hydrogen-bond acceptors (Lipinski definition) is 1. The van der Waals surface area contributed by atoms with E-state index in [0.717, 1.165) is 11.5 Å². The van der Waals surface area contributed by atoms with E-state index < -0.39 is 5.54 Å². The second kappa shape index (κ2) is 7.42. The second-order valence-electron chi connectivity index (χ2n) is 6.59. The quantitative estimate of drug-likeness (QED) is 0.321. The van der Waals surface area contributed by atoms with Gasteiger partial charge in [0.25, 0.3) is 0 Å². The van der Waals surface area contributed by atoms with E-state index in [0.29, 0.717) is 5.88 Å². The van der Waals surface area contributed by atoms with Crippen LogP contribution in [0.3, 0.4) is 0 Å². The average molecular weight is 373 g/mol. The fourth-order valence-corrected chi connectivity index (χ4v) is 4.02. The molecule has 2 nitrogen and oxygen atoms in total. The number of imidazole rings is 1. The summed E-state index contributed by atoms with van der Waals surface area (Å²) in [5.41, 5.74) is 3.91. The Bertz CT molecular complexity index is 912. The SMILES string of the molecule is Cc1nc(CCl)cn1C(c1ccccc1)(c1ccccc1)c1ccccc1. The zero-order chi connectivity index (χ0) is 18.7. The zero-order valence-electron chi connectivity index (χ0n) is 15.2. The van der Waals surface area contributed by atoms with Gasteiger partial charge in [0.05, 0.1) is 11.6 Å². The topological polar surface area (TPSA) is 17.8 Å². The number of aryl methyl sites for hydroxylation is 1. The molecule has 0 spiro atoms. The fraction of sp³-hybridized carbons (Fsp3) is 0.125. The first kappa shape index (κ1) is 17.6.